The maximum atomic E-state index is 3.61. The van der Waals surface area contributed by atoms with Gasteiger partial charge in [-0.2, -0.15) is 0 Å². The molecule has 1 aliphatic rings. The van der Waals surface area contributed by atoms with E-state index in [-0.39, 0.29) is 6.98 Å². The molecule has 0 saturated carbocycles. The van der Waals surface area contributed by atoms with Crippen molar-refractivity contribution in [2.45, 2.75) is 0 Å². The Morgan fingerprint density at radius 3 is 2.27 bits per heavy atom. The van der Waals surface area contributed by atoms with Gasteiger partial charge in [0.05, 0.1) is 0 Å². The van der Waals surface area contributed by atoms with E-state index in [1.807, 2.05) is 6.20 Å². The maximum absolute atomic E-state index is 3.61. The molecule has 2 heterocycles. The quantitative estimate of drug-likeness (QED) is 0.467. The number of nitrogens with one attached hydrogen (secondary N) is 3. The van der Waals surface area contributed by atoms with Crippen LogP contribution in [0.1, 0.15) is 0 Å². The molecule has 0 aliphatic carbocycles. The normalized spacial score (nSPS) is 13.2. The van der Waals surface area contributed by atoms with E-state index in [0.29, 0.717) is 0 Å². The van der Waals surface area contributed by atoms with Gasteiger partial charge in [0.25, 0.3) is 0 Å². The van der Waals surface area contributed by atoms with Crippen molar-refractivity contribution in [2.75, 3.05) is 10.5 Å². The van der Waals surface area contributed by atoms with Gasteiger partial charge in [-0.1, -0.05) is 36.4 Å². The van der Waals surface area contributed by atoms with Crippen molar-refractivity contribution in [3.63, 3.8) is 0 Å². The van der Waals surface area contributed by atoms with Gasteiger partial charge in [0.1, 0.15) is 0 Å². The van der Waals surface area contributed by atoms with Crippen molar-refractivity contribution in [3.8, 4) is 0 Å². The number of anilines is 2. The summed E-state index contributed by atoms with van der Waals surface area (Å²) in [4.78, 5) is 3.24. The first-order chi connectivity index (χ1) is 10.9. The van der Waals surface area contributed by atoms with Crippen LogP contribution in [0.2, 0.25) is 0 Å². The molecule has 1 aliphatic heterocycles. The Bertz CT molecular complexity index is 965. The van der Waals surface area contributed by atoms with E-state index in [4.69, 9.17) is 0 Å². The summed E-state index contributed by atoms with van der Waals surface area (Å²) in [6.07, 6.45) is 1.98. The summed E-state index contributed by atoms with van der Waals surface area (Å²) >= 11 is 0. The van der Waals surface area contributed by atoms with Crippen LogP contribution in [0, 0.1) is 0 Å². The number of aromatic amines is 1. The Morgan fingerprint density at radius 2 is 1.50 bits per heavy atom. The summed E-state index contributed by atoms with van der Waals surface area (Å²) in [6, 6.07) is 21.4. The third-order valence-electron chi connectivity index (χ3n) is 4.42. The molecule has 0 fully saturated rings. The number of fused-ring (bicyclic) bond motifs is 1. The smallest absolute Gasteiger partial charge is 0.405 e. The Morgan fingerprint density at radius 1 is 0.727 bits per heavy atom. The third-order valence-corrected chi connectivity index (χ3v) is 4.42. The molecule has 0 radical (unpaired) electrons. The van der Waals surface area contributed by atoms with E-state index >= 15 is 0 Å². The molecule has 0 saturated heterocycles. The minimum absolute atomic E-state index is 0.0831. The highest BCUT2D eigenvalue weighted by Crippen LogP contribution is 2.33. The van der Waals surface area contributed by atoms with Gasteiger partial charge in [-0.15, -0.1) is 0 Å². The number of hydrogen-bond acceptors (Lipinski definition) is 2. The second-order valence-electron chi connectivity index (χ2n) is 5.76. The Labute approximate surface area is 128 Å². The van der Waals surface area contributed by atoms with Crippen molar-refractivity contribution in [2.24, 2.45) is 0 Å². The van der Waals surface area contributed by atoms with Crippen molar-refractivity contribution in [1.82, 2.24) is 4.98 Å². The lowest BCUT2D eigenvalue weighted by Crippen LogP contribution is -2.47. The highest BCUT2D eigenvalue weighted by molar-refractivity contribution is 6.80. The molecule has 4 aromatic rings. The van der Waals surface area contributed by atoms with Crippen LogP contribution in [0.15, 0.2) is 66.9 Å². The van der Waals surface area contributed by atoms with Crippen LogP contribution in [0.3, 0.4) is 0 Å². The molecule has 5 rings (SSSR count). The molecule has 3 N–H and O–H groups in total. The molecular weight excluding hydrogens is 269 g/mol. The van der Waals surface area contributed by atoms with Crippen molar-refractivity contribution >= 4 is 45.5 Å². The van der Waals surface area contributed by atoms with Crippen LogP contribution in [0.5, 0.6) is 0 Å². The van der Waals surface area contributed by atoms with Crippen LogP contribution in [0.25, 0.3) is 21.7 Å². The fraction of sp³-hybridized carbons (Fsp3) is 0. The molecule has 4 heteroatoms. The number of hydrogen-bond donors (Lipinski definition) is 3. The molecule has 104 valence electrons. The van der Waals surface area contributed by atoms with E-state index < -0.39 is 0 Å². The van der Waals surface area contributed by atoms with Crippen LogP contribution < -0.4 is 15.9 Å². The summed E-state index contributed by atoms with van der Waals surface area (Å²) in [5.74, 6) is 0. The van der Waals surface area contributed by atoms with Crippen LogP contribution in [0.4, 0.5) is 11.4 Å². The zero-order chi connectivity index (χ0) is 14.5. The zero-order valence-corrected chi connectivity index (χ0v) is 11.9. The zero-order valence-electron chi connectivity index (χ0n) is 11.9. The lowest BCUT2D eigenvalue weighted by atomic mass is 9.66. The van der Waals surface area contributed by atoms with Crippen molar-refractivity contribution in [3.05, 3.63) is 66.9 Å². The van der Waals surface area contributed by atoms with Crippen LogP contribution >= 0.6 is 0 Å². The maximum Gasteiger partial charge on any atom is 0.406 e. The fourth-order valence-corrected chi connectivity index (χ4v) is 3.35. The molecule has 0 bridgehead atoms. The van der Waals surface area contributed by atoms with Gasteiger partial charge < -0.3 is 15.4 Å². The van der Waals surface area contributed by atoms with Gasteiger partial charge >= 0.3 is 6.98 Å². The Hall–Kier alpha value is -2.88. The predicted molar refractivity (Wildman–Crippen MR) is 94.9 cm³/mol. The highest BCUT2D eigenvalue weighted by Gasteiger charge is 2.25. The molecule has 3 nitrogen and oxygen atoms in total. The summed E-state index contributed by atoms with van der Waals surface area (Å²) in [5.41, 5.74) is 4.78. The SMILES string of the molecule is c1cc2c3c(cccc3c1)NB(c1ccc3[nH]ccc3c1)N2. The Balaban J connectivity index is 1.64. The molecular formula is C18H14BN3. The van der Waals surface area contributed by atoms with E-state index in [1.165, 1.54) is 38.5 Å². The van der Waals surface area contributed by atoms with Gasteiger partial charge in [-0.05, 0) is 40.5 Å². The van der Waals surface area contributed by atoms with E-state index in [2.05, 4.69) is 76.1 Å². The standard InChI is InChI=1S/C18H14BN3/c1-3-12-4-2-6-17-18(12)16(5-1)21-19(22-17)14-7-8-15-13(11-14)9-10-20-15/h1-11,20-22H. The molecule has 22 heavy (non-hydrogen) atoms. The molecule has 0 amide bonds. The Kier molecular flexibility index (Phi) is 2.30. The van der Waals surface area contributed by atoms with Crippen LogP contribution in [-0.2, 0) is 0 Å². The highest BCUT2D eigenvalue weighted by atomic mass is 15.0. The van der Waals surface area contributed by atoms with Gasteiger partial charge in [0.15, 0.2) is 0 Å². The lowest BCUT2D eigenvalue weighted by molar-refractivity contribution is 1.48. The number of H-pyrrole nitrogens is 1. The van der Waals surface area contributed by atoms with Gasteiger partial charge in [0, 0.05) is 28.5 Å². The minimum atomic E-state index is 0.0831. The summed E-state index contributed by atoms with van der Waals surface area (Å²) in [6.45, 7) is 0.0831. The molecule has 3 aromatic carbocycles. The molecule has 0 unspecified atom stereocenters. The second-order valence-corrected chi connectivity index (χ2v) is 5.76. The summed E-state index contributed by atoms with van der Waals surface area (Å²) in [7, 11) is 0. The average molecular weight is 283 g/mol. The fourth-order valence-electron chi connectivity index (χ4n) is 3.35. The monoisotopic (exact) mass is 283 g/mol. The van der Waals surface area contributed by atoms with Crippen molar-refractivity contribution < 1.29 is 0 Å². The largest absolute Gasteiger partial charge is 0.406 e. The number of rotatable bonds is 1. The molecule has 0 atom stereocenters. The first kappa shape index (κ1) is 11.7. The average Bonchev–Trinajstić information content (AvgIpc) is 3.03. The van der Waals surface area contributed by atoms with Gasteiger partial charge in [-0.25, -0.2) is 0 Å². The van der Waals surface area contributed by atoms with Gasteiger partial charge in [0.2, 0.25) is 0 Å². The predicted octanol–water partition coefficient (Wildman–Crippen LogP) is 3.55. The second kappa shape index (κ2) is 4.31. The van der Waals surface area contributed by atoms with Gasteiger partial charge in [-0.3, -0.25) is 0 Å². The van der Waals surface area contributed by atoms with Crippen molar-refractivity contribution in [1.29, 1.82) is 0 Å². The lowest BCUT2D eigenvalue weighted by Gasteiger charge is -2.26. The summed E-state index contributed by atoms with van der Waals surface area (Å²) in [5, 5.41) is 11.0. The molecule has 0 spiro atoms. The first-order valence-corrected chi connectivity index (χ1v) is 7.50. The van der Waals surface area contributed by atoms with E-state index in [1.54, 1.807) is 0 Å². The summed E-state index contributed by atoms with van der Waals surface area (Å²) < 4.78 is 0. The molecule has 1 aromatic heterocycles. The van der Waals surface area contributed by atoms with Crippen LogP contribution in [-0.4, -0.2) is 12.0 Å². The van der Waals surface area contributed by atoms with E-state index in [0.717, 1.165) is 0 Å². The third kappa shape index (κ3) is 1.64. The topological polar surface area (TPSA) is 39.9 Å². The first-order valence-electron chi connectivity index (χ1n) is 7.50. The number of aromatic nitrogens is 1. The number of benzene rings is 3. The minimum Gasteiger partial charge on any atom is -0.405 e. The van der Waals surface area contributed by atoms with E-state index in [9.17, 15) is 0 Å².